The highest BCUT2D eigenvalue weighted by Gasteiger charge is 2.51. The van der Waals surface area contributed by atoms with Gasteiger partial charge in [-0.1, -0.05) is 125 Å². The third kappa shape index (κ3) is 8.00. The van der Waals surface area contributed by atoms with Gasteiger partial charge in [0, 0.05) is 0 Å². The molecule has 0 aliphatic heterocycles. The molecule has 0 aromatic carbocycles. The summed E-state index contributed by atoms with van der Waals surface area (Å²) < 4.78 is 0. The van der Waals surface area contributed by atoms with E-state index in [1.54, 1.807) is 0 Å². The first-order valence-corrected chi connectivity index (χ1v) is 14.7. The quantitative estimate of drug-likeness (QED) is 0.326. The van der Waals surface area contributed by atoms with Gasteiger partial charge in [-0.15, -0.1) is 0 Å². The van der Waals surface area contributed by atoms with Gasteiger partial charge in [-0.3, -0.25) is 0 Å². The maximum atomic E-state index is 2.44. The summed E-state index contributed by atoms with van der Waals surface area (Å²) >= 11 is 0. The van der Waals surface area contributed by atoms with Crippen molar-refractivity contribution in [1.82, 2.24) is 0 Å². The molecule has 0 heterocycles. The lowest BCUT2D eigenvalue weighted by Gasteiger charge is -2.45. The summed E-state index contributed by atoms with van der Waals surface area (Å²) in [4.78, 5) is 0. The molecule has 4 unspecified atom stereocenters. The molecule has 2 aliphatic rings. The third-order valence-electron chi connectivity index (χ3n) is 9.76. The first-order valence-electron chi connectivity index (χ1n) is 14.7. The van der Waals surface area contributed by atoms with Gasteiger partial charge in [0.25, 0.3) is 0 Å². The van der Waals surface area contributed by atoms with Crippen LogP contribution in [0.4, 0.5) is 0 Å². The molecule has 34 heavy (non-hydrogen) atoms. The van der Waals surface area contributed by atoms with Crippen LogP contribution in [0.5, 0.6) is 0 Å². The minimum absolute atomic E-state index is 0.437. The summed E-state index contributed by atoms with van der Waals surface area (Å²) in [6.07, 6.45) is 5.70. The second-order valence-corrected chi connectivity index (χ2v) is 18.8. The van der Waals surface area contributed by atoms with Crippen LogP contribution in [0.15, 0.2) is 0 Å². The van der Waals surface area contributed by atoms with Gasteiger partial charge >= 0.3 is 0 Å². The number of hydrogen-bond acceptors (Lipinski definition) is 0. The van der Waals surface area contributed by atoms with Crippen LogP contribution < -0.4 is 0 Å². The normalized spacial score (nSPS) is 31.9. The van der Waals surface area contributed by atoms with Gasteiger partial charge in [-0.2, -0.15) is 0 Å². The summed E-state index contributed by atoms with van der Waals surface area (Å²) in [5.41, 5.74) is 2.70. The predicted octanol–water partition coefficient (Wildman–Crippen LogP) is 11.5. The SMILES string of the molecule is CC(C)(C)C1CCC(C(C)(C)C)C1C(C)(C)C.CC(C)(C)C1CCC(C(C)(C)C)C1C(C)(C)C. The Morgan fingerprint density at radius 2 is 0.412 bits per heavy atom. The van der Waals surface area contributed by atoms with Crippen molar-refractivity contribution in [2.75, 3.05) is 0 Å². The highest BCUT2D eigenvalue weighted by atomic mass is 14.6. The molecule has 0 amide bonds. The molecule has 0 aromatic rings. The molecular weight excluding hydrogens is 408 g/mol. The summed E-state index contributed by atoms with van der Waals surface area (Å²) in [5, 5.41) is 0. The van der Waals surface area contributed by atoms with Crippen LogP contribution in [0.2, 0.25) is 0 Å². The molecule has 2 rings (SSSR count). The molecule has 0 saturated heterocycles. The zero-order valence-electron chi connectivity index (χ0n) is 27.3. The molecule has 0 bridgehead atoms. The molecule has 0 N–H and O–H groups in total. The average Bonchev–Trinajstić information content (AvgIpc) is 3.17. The highest BCUT2D eigenvalue weighted by Crippen LogP contribution is 2.59. The van der Waals surface area contributed by atoms with Crippen LogP contribution in [0.3, 0.4) is 0 Å². The van der Waals surface area contributed by atoms with E-state index in [-0.39, 0.29) is 0 Å². The van der Waals surface area contributed by atoms with E-state index in [0.29, 0.717) is 32.5 Å². The molecule has 0 aromatic heterocycles. The monoisotopic (exact) mass is 477 g/mol. The molecule has 0 radical (unpaired) electrons. The van der Waals surface area contributed by atoms with E-state index >= 15 is 0 Å². The highest BCUT2D eigenvalue weighted by molar-refractivity contribution is 5.00. The van der Waals surface area contributed by atoms with Gasteiger partial charge in [0.1, 0.15) is 0 Å². The minimum Gasteiger partial charge on any atom is -0.0599 e. The van der Waals surface area contributed by atoms with Gasteiger partial charge < -0.3 is 0 Å². The van der Waals surface area contributed by atoms with Gasteiger partial charge in [-0.25, -0.2) is 0 Å². The van der Waals surface area contributed by atoms with E-state index in [9.17, 15) is 0 Å². The lowest BCUT2D eigenvalue weighted by molar-refractivity contribution is 0.0300. The van der Waals surface area contributed by atoms with Crippen molar-refractivity contribution in [1.29, 1.82) is 0 Å². The van der Waals surface area contributed by atoms with Crippen LogP contribution >= 0.6 is 0 Å². The van der Waals surface area contributed by atoms with Crippen molar-refractivity contribution in [2.45, 2.75) is 150 Å². The Hall–Kier alpha value is 0. The maximum absolute atomic E-state index is 2.44. The van der Waals surface area contributed by atoms with Crippen LogP contribution in [-0.4, -0.2) is 0 Å². The van der Waals surface area contributed by atoms with Gasteiger partial charge in [0.05, 0.1) is 0 Å². The van der Waals surface area contributed by atoms with Gasteiger partial charge in [0.2, 0.25) is 0 Å². The molecule has 0 spiro atoms. The standard InChI is InChI=1S/2C17H34/c2*1-15(2,3)12-10-11-13(16(4,5)6)14(12)17(7,8)9/h2*12-14H,10-11H2,1-9H3. The summed E-state index contributed by atoms with van der Waals surface area (Å²) in [6, 6.07) is 0. The Bertz CT molecular complexity index is 520. The molecule has 4 atom stereocenters. The maximum Gasteiger partial charge on any atom is -0.0299 e. The fourth-order valence-electron chi connectivity index (χ4n) is 8.30. The summed E-state index contributed by atoms with van der Waals surface area (Å²) in [7, 11) is 0. The van der Waals surface area contributed by atoms with Gasteiger partial charge in [0.15, 0.2) is 0 Å². The molecule has 204 valence electrons. The third-order valence-corrected chi connectivity index (χ3v) is 9.76. The smallest absolute Gasteiger partial charge is 0.0299 e. The number of hydrogen-bond donors (Lipinski definition) is 0. The Balaban J connectivity index is 0.000000340. The molecule has 2 aliphatic carbocycles. The zero-order valence-corrected chi connectivity index (χ0v) is 27.3. The zero-order chi connectivity index (χ0) is 27.3. The summed E-state index contributed by atoms with van der Waals surface area (Å²) in [6.45, 7) is 43.9. The van der Waals surface area contributed by atoms with Crippen molar-refractivity contribution in [3.63, 3.8) is 0 Å². The van der Waals surface area contributed by atoms with Crippen molar-refractivity contribution in [3.8, 4) is 0 Å². The first kappa shape index (κ1) is 32.0. The lowest BCUT2D eigenvalue weighted by Crippen LogP contribution is -2.39. The van der Waals surface area contributed by atoms with E-state index in [1.807, 2.05) is 0 Å². The largest absolute Gasteiger partial charge is 0.0599 e. The Morgan fingerprint density at radius 1 is 0.265 bits per heavy atom. The Kier molecular flexibility index (Phi) is 9.46. The first-order chi connectivity index (χ1) is 14.7. The van der Waals surface area contributed by atoms with Crippen LogP contribution in [0.1, 0.15) is 150 Å². The predicted molar refractivity (Wildman–Crippen MR) is 156 cm³/mol. The van der Waals surface area contributed by atoms with Crippen LogP contribution in [-0.2, 0) is 0 Å². The minimum atomic E-state index is 0.437. The van der Waals surface area contributed by atoms with Crippen LogP contribution in [0.25, 0.3) is 0 Å². The molecular formula is C34H68. The average molecular weight is 477 g/mol. The van der Waals surface area contributed by atoms with Crippen molar-refractivity contribution in [3.05, 3.63) is 0 Å². The Morgan fingerprint density at radius 3 is 0.500 bits per heavy atom. The topological polar surface area (TPSA) is 0 Å². The second-order valence-electron chi connectivity index (χ2n) is 18.8. The number of rotatable bonds is 0. The molecule has 2 fully saturated rings. The summed E-state index contributed by atoms with van der Waals surface area (Å²) in [5.74, 6) is 5.25. The van der Waals surface area contributed by atoms with E-state index < -0.39 is 0 Å². The fraction of sp³-hybridized carbons (Fsp3) is 1.00. The molecule has 2 saturated carbocycles. The van der Waals surface area contributed by atoms with E-state index in [2.05, 4.69) is 125 Å². The van der Waals surface area contributed by atoms with Crippen molar-refractivity contribution in [2.24, 2.45) is 68.0 Å². The van der Waals surface area contributed by atoms with E-state index in [4.69, 9.17) is 0 Å². The molecule has 0 heteroatoms. The van der Waals surface area contributed by atoms with E-state index in [1.165, 1.54) is 25.7 Å². The van der Waals surface area contributed by atoms with Crippen molar-refractivity contribution < 1.29 is 0 Å². The van der Waals surface area contributed by atoms with Gasteiger partial charge in [-0.05, 0) is 93.7 Å². The lowest BCUT2D eigenvalue weighted by atomic mass is 9.59. The fourth-order valence-corrected chi connectivity index (χ4v) is 8.30. The van der Waals surface area contributed by atoms with Crippen LogP contribution in [0, 0.1) is 68.0 Å². The molecule has 0 nitrogen and oxygen atoms in total. The Labute approximate surface area is 218 Å². The van der Waals surface area contributed by atoms with E-state index in [0.717, 1.165) is 35.5 Å². The van der Waals surface area contributed by atoms with Crippen molar-refractivity contribution >= 4 is 0 Å². The second kappa shape index (κ2) is 10.0.